The van der Waals surface area contributed by atoms with Crippen LogP contribution in [0, 0.1) is 6.92 Å². The van der Waals surface area contributed by atoms with Gasteiger partial charge in [-0.05, 0) is 51.9 Å². The number of likely N-dealkylation sites (tertiary alicyclic amines) is 1. The molecule has 1 atom stereocenters. The van der Waals surface area contributed by atoms with Crippen LogP contribution in [0.4, 0.5) is 0 Å². The van der Waals surface area contributed by atoms with Crippen LogP contribution in [0.1, 0.15) is 30.4 Å². The van der Waals surface area contributed by atoms with Crippen molar-refractivity contribution in [3.8, 4) is 17.2 Å². The van der Waals surface area contributed by atoms with E-state index in [4.69, 9.17) is 4.74 Å². The van der Waals surface area contributed by atoms with Crippen molar-refractivity contribution in [1.29, 1.82) is 0 Å². The number of carbonyl (C=O) groups is 1. The lowest BCUT2D eigenvalue weighted by molar-refractivity contribution is -0.120. The van der Waals surface area contributed by atoms with Crippen molar-refractivity contribution in [2.24, 2.45) is 4.99 Å². The maximum absolute atomic E-state index is 10.8. The molecule has 8 heteroatoms. The van der Waals surface area contributed by atoms with Crippen LogP contribution in [0.3, 0.4) is 0 Å². The molecular formula is C22H24N4O4. The summed E-state index contributed by atoms with van der Waals surface area (Å²) in [6.07, 6.45) is 4.91. The first-order valence-corrected chi connectivity index (χ1v) is 9.96. The van der Waals surface area contributed by atoms with Crippen LogP contribution in [0.15, 0.2) is 23.2 Å². The van der Waals surface area contributed by atoms with E-state index in [1.807, 2.05) is 0 Å². The summed E-state index contributed by atoms with van der Waals surface area (Å²) in [7, 11) is 2.13. The van der Waals surface area contributed by atoms with Gasteiger partial charge in [0.1, 0.15) is 28.0 Å². The number of aromatic nitrogens is 2. The third-order valence-corrected chi connectivity index (χ3v) is 5.76. The van der Waals surface area contributed by atoms with Crippen molar-refractivity contribution >= 4 is 34.8 Å². The smallest absolute Gasteiger partial charge is 0.298 e. The lowest BCUT2D eigenvalue weighted by Crippen LogP contribution is -2.25. The first-order chi connectivity index (χ1) is 14.5. The zero-order valence-corrected chi connectivity index (χ0v) is 17.0. The Labute approximate surface area is 173 Å². The second-order valence-electron chi connectivity index (χ2n) is 7.60. The molecule has 30 heavy (non-hydrogen) atoms. The summed E-state index contributed by atoms with van der Waals surface area (Å²) in [5.74, 6) is 0.0242. The molecule has 1 aromatic heterocycles. The number of benzene rings is 2. The number of hydrogen-bond donors (Lipinski definition) is 2. The Hall–Kier alpha value is -3.26. The number of aromatic hydroxyl groups is 2. The van der Waals surface area contributed by atoms with Crippen molar-refractivity contribution in [2.75, 3.05) is 20.1 Å². The number of carbonyl (C=O) groups excluding carboxylic acids is 1. The van der Waals surface area contributed by atoms with E-state index < -0.39 is 0 Å². The second-order valence-corrected chi connectivity index (χ2v) is 7.60. The summed E-state index contributed by atoms with van der Waals surface area (Å²) in [6.45, 7) is 3.68. The SMILES string of the molecule is Cc1c(O)c(C=NCCC2CCCN2C)c2nc3c(OC=O)cccc3nc2c1O. The lowest BCUT2D eigenvalue weighted by Gasteiger charge is -2.17. The van der Waals surface area contributed by atoms with Crippen LogP contribution < -0.4 is 4.74 Å². The van der Waals surface area contributed by atoms with Gasteiger partial charge >= 0.3 is 0 Å². The number of rotatable bonds is 6. The van der Waals surface area contributed by atoms with Crippen LogP contribution in [0.5, 0.6) is 17.2 Å². The molecule has 2 heterocycles. The van der Waals surface area contributed by atoms with Gasteiger partial charge in [-0.3, -0.25) is 9.79 Å². The molecule has 4 rings (SSSR count). The highest BCUT2D eigenvalue weighted by molar-refractivity contribution is 6.05. The lowest BCUT2D eigenvalue weighted by atomic mass is 10.1. The van der Waals surface area contributed by atoms with Gasteiger partial charge in [0.15, 0.2) is 5.75 Å². The summed E-state index contributed by atoms with van der Waals surface area (Å²) < 4.78 is 5.01. The van der Waals surface area contributed by atoms with Gasteiger partial charge in [-0.1, -0.05) is 6.07 Å². The fourth-order valence-corrected chi connectivity index (χ4v) is 4.00. The topological polar surface area (TPSA) is 108 Å². The summed E-state index contributed by atoms with van der Waals surface area (Å²) in [6, 6.07) is 5.54. The molecular weight excluding hydrogens is 384 g/mol. The van der Waals surface area contributed by atoms with Crippen LogP contribution >= 0.6 is 0 Å². The average molecular weight is 408 g/mol. The molecule has 1 fully saturated rings. The Morgan fingerprint density at radius 2 is 2.07 bits per heavy atom. The number of aliphatic imine (C=N–C) groups is 1. The first kappa shape index (κ1) is 20.0. The summed E-state index contributed by atoms with van der Waals surface area (Å²) in [5.41, 5.74) is 2.09. The van der Waals surface area contributed by atoms with Gasteiger partial charge in [0.05, 0.1) is 11.1 Å². The van der Waals surface area contributed by atoms with Gasteiger partial charge in [0, 0.05) is 24.4 Å². The van der Waals surface area contributed by atoms with Crippen molar-refractivity contribution in [3.63, 3.8) is 0 Å². The highest BCUT2D eigenvalue weighted by Crippen LogP contribution is 2.38. The van der Waals surface area contributed by atoms with Crippen LogP contribution in [0.25, 0.3) is 22.1 Å². The number of hydrogen-bond acceptors (Lipinski definition) is 8. The zero-order valence-electron chi connectivity index (χ0n) is 17.0. The number of phenolic OH excluding ortho intramolecular Hbond substituents is 2. The highest BCUT2D eigenvalue weighted by atomic mass is 16.5. The molecule has 0 spiro atoms. The molecule has 8 nitrogen and oxygen atoms in total. The number of nitrogens with zero attached hydrogens (tertiary/aromatic N) is 4. The average Bonchev–Trinajstić information content (AvgIpc) is 3.16. The second kappa shape index (κ2) is 8.23. The predicted molar refractivity (Wildman–Crippen MR) is 115 cm³/mol. The highest BCUT2D eigenvalue weighted by Gasteiger charge is 2.21. The van der Waals surface area contributed by atoms with Crippen molar-refractivity contribution in [3.05, 3.63) is 29.3 Å². The van der Waals surface area contributed by atoms with Crippen LogP contribution in [-0.2, 0) is 4.79 Å². The Kier molecular flexibility index (Phi) is 5.50. The monoisotopic (exact) mass is 408 g/mol. The quantitative estimate of drug-likeness (QED) is 0.367. The number of para-hydroxylation sites is 1. The molecule has 0 aliphatic carbocycles. The zero-order chi connectivity index (χ0) is 21.3. The molecule has 2 N–H and O–H groups in total. The van der Waals surface area contributed by atoms with Gasteiger partial charge in [-0.25, -0.2) is 9.97 Å². The van der Waals surface area contributed by atoms with Crippen molar-refractivity contribution in [2.45, 2.75) is 32.2 Å². The van der Waals surface area contributed by atoms with Crippen LogP contribution in [0.2, 0.25) is 0 Å². The Morgan fingerprint density at radius 3 is 2.80 bits per heavy atom. The van der Waals surface area contributed by atoms with Gasteiger partial charge < -0.3 is 19.8 Å². The molecule has 3 aromatic rings. The van der Waals surface area contributed by atoms with E-state index >= 15 is 0 Å². The molecule has 2 aromatic carbocycles. The van der Waals surface area contributed by atoms with Gasteiger partial charge in [-0.15, -0.1) is 0 Å². The van der Waals surface area contributed by atoms with E-state index in [1.54, 1.807) is 31.3 Å². The Bertz CT molecular complexity index is 1150. The minimum Gasteiger partial charge on any atom is -0.507 e. The molecule has 0 amide bonds. The van der Waals surface area contributed by atoms with Gasteiger partial charge in [0.25, 0.3) is 6.47 Å². The van der Waals surface area contributed by atoms with Crippen molar-refractivity contribution in [1.82, 2.24) is 14.9 Å². The first-order valence-electron chi connectivity index (χ1n) is 9.96. The normalized spacial score (nSPS) is 17.3. The Morgan fingerprint density at radius 1 is 1.23 bits per heavy atom. The molecule has 0 saturated carbocycles. The molecule has 1 aliphatic rings. The van der Waals surface area contributed by atoms with E-state index in [0.717, 1.165) is 13.0 Å². The summed E-state index contributed by atoms with van der Waals surface area (Å²) >= 11 is 0. The molecule has 1 saturated heterocycles. The molecule has 0 radical (unpaired) electrons. The van der Waals surface area contributed by atoms with E-state index in [-0.39, 0.29) is 22.8 Å². The molecule has 1 unspecified atom stereocenters. The third kappa shape index (κ3) is 3.54. The third-order valence-electron chi connectivity index (χ3n) is 5.76. The molecule has 1 aliphatic heterocycles. The van der Waals surface area contributed by atoms with Crippen molar-refractivity contribution < 1.29 is 19.7 Å². The predicted octanol–water partition coefficient (Wildman–Crippen LogP) is 2.94. The number of ether oxygens (including phenoxy) is 1. The van der Waals surface area contributed by atoms with Gasteiger partial charge in [0.2, 0.25) is 0 Å². The van der Waals surface area contributed by atoms with E-state index in [2.05, 4.69) is 26.9 Å². The Balaban J connectivity index is 1.77. The summed E-state index contributed by atoms with van der Waals surface area (Å²) in [5, 5.41) is 21.2. The fraction of sp³-hybridized carbons (Fsp3) is 0.364. The molecule has 156 valence electrons. The minimum absolute atomic E-state index is 0.0934. The maximum atomic E-state index is 10.8. The fourth-order valence-electron chi connectivity index (χ4n) is 4.00. The minimum atomic E-state index is -0.136. The maximum Gasteiger partial charge on any atom is 0.298 e. The largest absolute Gasteiger partial charge is 0.507 e. The van der Waals surface area contributed by atoms with E-state index in [0.29, 0.717) is 46.7 Å². The molecule has 0 bridgehead atoms. The van der Waals surface area contributed by atoms with Crippen LogP contribution in [-0.4, -0.2) is 63.9 Å². The van der Waals surface area contributed by atoms with E-state index in [9.17, 15) is 15.0 Å². The number of fused-ring (bicyclic) bond motifs is 2. The standard InChI is InChI=1S/C22H24N4O4/c1-13-21(28)15(11-23-9-8-14-5-4-10-26(14)2)18-20(22(13)29)24-16-6-3-7-17(30-12-27)19(16)25-18/h3,6-7,11-12,14,28-29H,4-5,8-10H2,1-2H3. The number of phenols is 2. The van der Waals surface area contributed by atoms with E-state index in [1.165, 1.54) is 12.8 Å². The summed E-state index contributed by atoms with van der Waals surface area (Å²) in [4.78, 5) is 26.7. The van der Waals surface area contributed by atoms with Gasteiger partial charge in [-0.2, -0.15) is 0 Å².